The van der Waals surface area contributed by atoms with Gasteiger partial charge in [0, 0.05) is 0 Å². The zero-order valence-electron chi connectivity index (χ0n) is 13.5. The fourth-order valence-electron chi connectivity index (χ4n) is 2.03. The molecule has 0 bridgehead atoms. The van der Waals surface area contributed by atoms with E-state index in [2.05, 4.69) is 20.8 Å². The summed E-state index contributed by atoms with van der Waals surface area (Å²) in [4.78, 5) is 12.6. The third-order valence-corrected chi connectivity index (χ3v) is 3.77. The molecule has 0 radical (unpaired) electrons. The van der Waals surface area contributed by atoms with Crippen molar-refractivity contribution in [2.75, 3.05) is 0 Å². The van der Waals surface area contributed by atoms with E-state index in [-0.39, 0.29) is 11.4 Å². The summed E-state index contributed by atoms with van der Waals surface area (Å²) in [5, 5.41) is 0. The van der Waals surface area contributed by atoms with Crippen molar-refractivity contribution in [2.24, 2.45) is 10.8 Å². The van der Waals surface area contributed by atoms with Crippen LogP contribution in [0.4, 0.5) is 0 Å². The van der Waals surface area contributed by atoms with Crippen molar-refractivity contribution in [3.8, 4) is 0 Å². The van der Waals surface area contributed by atoms with Crippen molar-refractivity contribution >= 4 is 5.97 Å². The number of carbonyl (C=O) groups excluding carboxylic acids is 1. The molecule has 110 valence electrons. The maximum absolute atomic E-state index is 12.6. The molecule has 1 unspecified atom stereocenters. The van der Waals surface area contributed by atoms with Crippen molar-refractivity contribution in [3.05, 3.63) is 47.5 Å². The Labute approximate surface area is 122 Å². The second kappa shape index (κ2) is 6.25. The number of hydrogen-bond acceptors (Lipinski definition) is 2. The Morgan fingerprint density at radius 1 is 1.10 bits per heavy atom. The van der Waals surface area contributed by atoms with Gasteiger partial charge in [-0.2, -0.15) is 0 Å². The Morgan fingerprint density at radius 3 is 2.10 bits per heavy atom. The molecule has 20 heavy (non-hydrogen) atoms. The Bertz CT molecular complexity index is 476. The van der Waals surface area contributed by atoms with Crippen LogP contribution >= 0.6 is 0 Å². The van der Waals surface area contributed by atoms with E-state index in [4.69, 9.17) is 4.74 Å². The second-order valence-electron chi connectivity index (χ2n) is 6.74. The maximum Gasteiger partial charge on any atom is 0.316 e. The highest BCUT2D eigenvalue weighted by atomic mass is 16.5. The van der Waals surface area contributed by atoms with Crippen LogP contribution < -0.4 is 0 Å². The van der Waals surface area contributed by atoms with Gasteiger partial charge in [0.05, 0.1) is 5.41 Å². The summed E-state index contributed by atoms with van der Waals surface area (Å²) >= 11 is 0. The summed E-state index contributed by atoms with van der Waals surface area (Å²) in [5.41, 5.74) is 1.31. The predicted molar refractivity (Wildman–Crippen MR) is 83.2 cm³/mol. The third-order valence-electron chi connectivity index (χ3n) is 3.77. The molecule has 0 aromatic heterocycles. The van der Waals surface area contributed by atoms with E-state index < -0.39 is 5.41 Å². The van der Waals surface area contributed by atoms with Crippen LogP contribution in [0.15, 0.2) is 42.0 Å². The van der Waals surface area contributed by atoms with Crippen LogP contribution in [0.1, 0.15) is 47.1 Å². The van der Waals surface area contributed by atoms with Crippen LogP contribution in [0.25, 0.3) is 0 Å². The highest BCUT2D eigenvalue weighted by Crippen LogP contribution is 2.41. The highest BCUT2D eigenvalue weighted by molar-refractivity contribution is 5.79. The molecule has 0 saturated heterocycles. The Kier molecular flexibility index (Phi) is 5.15. The topological polar surface area (TPSA) is 26.3 Å². The number of esters is 1. The number of allylic oxidation sites excluding steroid dienone is 1. The molecule has 2 nitrogen and oxygen atoms in total. The lowest BCUT2D eigenvalue weighted by Gasteiger charge is -2.37. The maximum atomic E-state index is 12.6. The zero-order valence-corrected chi connectivity index (χ0v) is 13.5. The van der Waals surface area contributed by atoms with Crippen molar-refractivity contribution < 1.29 is 9.53 Å². The van der Waals surface area contributed by atoms with E-state index in [0.29, 0.717) is 6.61 Å². The number of hydrogen-bond donors (Lipinski definition) is 0. The van der Waals surface area contributed by atoms with E-state index in [1.54, 1.807) is 0 Å². The zero-order chi connectivity index (χ0) is 15.4. The smallest absolute Gasteiger partial charge is 0.316 e. The van der Waals surface area contributed by atoms with Gasteiger partial charge >= 0.3 is 5.97 Å². The third kappa shape index (κ3) is 3.96. The van der Waals surface area contributed by atoms with Gasteiger partial charge in [0.1, 0.15) is 6.61 Å². The van der Waals surface area contributed by atoms with Crippen LogP contribution in [0.5, 0.6) is 0 Å². The van der Waals surface area contributed by atoms with Crippen molar-refractivity contribution in [3.63, 3.8) is 0 Å². The number of ether oxygens (including phenoxy) is 1. The number of carbonyl (C=O) groups is 1. The van der Waals surface area contributed by atoms with Gasteiger partial charge < -0.3 is 4.74 Å². The number of benzene rings is 1. The minimum Gasteiger partial charge on any atom is -0.460 e. The molecule has 1 rings (SSSR count). The molecule has 0 amide bonds. The van der Waals surface area contributed by atoms with Crippen LogP contribution in [0, 0.1) is 10.8 Å². The summed E-state index contributed by atoms with van der Waals surface area (Å²) < 4.78 is 5.54. The molecular weight excluding hydrogens is 248 g/mol. The Morgan fingerprint density at radius 2 is 1.65 bits per heavy atom. The lowest BCUT2D eigenvalue weighted by Crippen LogP contribution is -2.40. The van der Waals surface area contributed by atoms with Gasteiger partial charge in [-0.25, -0.2) is 0 Å². The minimum atomic E-state index is -0.624. The molecule has 0 fully saturated rings. The molecule has 2 heteroatoms. The SMILES string of the molecule is CC(C)=CC(C)(C(=O)OCc1ccccc1)C(C)(C)C. The van der Waals surface area contributed by atoms with Gasteiger partial charge in [-0.15, -0.1) is 0 Å². The summed E-state index contributed by atoms with van der Waals surface area (Å²) in [5.74, 6) is -0.171. The fourth-order valence-corrected chi connectivity index (χ4v) is 2.03. The molecule has 0 aliphatic rings. The van der Waals surface area contributed by atoms with E-state index in [1.165, 1.54) is 0 Å². The van der Waals surface area contributed by atoms with Crippen molar-refractivity contribution in [1.29, 1.82) is 0 Å². The van der Waals surface area contributed by atoms with Crippen molar-refractivity contribution in [1.82, 2.24) is 0 Å². The molecule has 0 aliphatic heterocycles. The van der Waals surface area contributed by atoms with Crippen LogP contribution in [0.3, 0.4) is 0 Å². The molecule has 0 aliphatic carbocycles. The molecule has 0 saturated carbocycles. The first-order valence-electron chi connectivity index (χ1n) is 7.04. The first kappa shape index (κ1) is 16.5. The molecule has 1 aromatic carbocycles. The Hall–Kier alpha value is -1.57. The van der Waals surface area contributed by atoms with Crippen LogP contribution in [0.2, 0.25) is 0 Å². The summed E-state index contributed by atoms with van der Waals surface area (Å²) in [6, 6.07) is 9.77. The molecule has 1 aromatic rings. The normalized spacial score (nSPS) is 14.3. The van der Waals surface area contributed by atoms with E-state index >= 15 is 0 Å². The van der Waals surface area contributed by atoms with E-state index in [0.717, 1.165) is 11.1 Å². The standard InChI is InChI=1S/C18H26O2/c1-14(2)12-18(6,17(3,4)5)16(19)20-13-15-10-8-7-9-11-15/h7-12H,13H2,1-6H3. The molecule has 0 heterocycles. The lowest BCUT2D eigenvalue weighted by atomic mass is 9.67. The first-order valence-corrected chi connectivity index (χ1v) is 7.04. The van der Waals surface area contributed by atoms with Crippen LogP contribution in [-0.2, 0) is 16.1 Å². The monoisotopic (exact) mass is 274 g/mol. The van der Waals surface area contributed by atoms with Crippen molar-refractivity contribution in [2.45, 2.75) is 48.1 Å². The average molecular weight is 274 g/mol. The summed E-state index contributed by atoms with van der Waals surface area (Å²) in [6.45, 7) is 12.5. The molecule has 0 N–H and O–H groups in total. The van der Waals surface area contributed by atoms with Gasteiger partial charge in [-0.05, 0) is 31.7 Å². The quantitative estimate of drug-likeness (QED) is 0.585. The van der Waals surface area contributed by atoms with Gasteiger partial charge in [0.15, 0.2) is 0 Å². The average Bonchev–Trinajstić information content (AvgIpc) is 2.35. The lowest BCUT2D eigenvalue weighted by molar-refractivity contribution is -0.159. The number of rotatable bonds is 4. The largest absolute Gasteiger partial charge is 0.460 e. The van der Waals surface area contributed by atoms with E-state index in [1.807, 2.05) is 57.2 Å². The first-order chi connectivity index (χ1) is 9.17. The minimum absolute atomic E-state index is 0.171. The van der Waals surface area contributed by atoms with Gasteiger partial charge in [-0.3, -0.25) is 4.79 Å². The highest BCUT2D eigenvalue weighted by Gasteiger charge is 2.43. The molecule has 1 atom stereocenters. The van der Waals surface area contributed by atoms with Gasteiger partial charge in [0.25, 0.3) is 0 Å². The molecule has 0 spiro atoms. The summed E-state index contributed by atoms with van der Waals surface area (Å²) in [6.07, 6.45) is 2.01. The van der Waals surface area contributed by atoms with Gasteiger partial charge in [-0.1, -0.05) is 62.8 Å². The van der Waals surface area contributed by atoms with Crippen LogP contribution in [-0.4, -0.2) is 5.97 Å². The van der Waals surface area contributed by atoms with Gasteiger partial charge in [0.2, 0.25) is 0 Å². The predicted octanol–water partition coefficient (Wildman–Crippen LogP) is 4.75. The Balaban J connectivity index is 2.88. The summed E-state index contributed by atoms with van der Waals surface area (Å²) in [7, 11) is 0. The van der Waals surface area contributed by atoms with E-state index in [9.17, 15) is 4.79 Å². The molecular formula is C18H26O2. The second-order valence-corrected chi connectivity index (χ2v) is 6.74. The fraction of sp³-hybridized carbons (Fsp3) is 0.500.